The van der Waals surface area contributed by atoms with Gasteiger partial charge >= 0.3 is 0 Å². The largest absolute Gasteiger partial charge is 0.375 e. The van der Waals surface area contributed by atoms with E-state index in [1.165, 1.54) is 0 Å². The van der Waals surface area contributed by atoms with Crippen LogP contribution in [0, 0.1) is 0 Å². The number of thiocarbonyl (C=S) groups is 1. The van der Waals surface area contributed by atoms with E-state index in [1.807, 2.05) is 0 Å². The van der Waals surface area contributed by atoms with Gasteiger partial charge in [0.15, 0.2) is 5.11 Å². The third kappa shape index (κ3) is 2.52. The molecule has 3 amide bonds. The number of fused-ring (bicyclic) bond motifs is 1. The third-order valence-electron chi connectivity index (χ3n) is 2.51. The van der Waals surface area contributed by atoms with Crippen molar-refractivity contribution in [3.05, 3.63) is 35.4 Å². The lowest BCUT2D eigenvalue weighted by Crippen LogP contribution is -2.49. The quantitative estimate of drug-likeness (QED) is 0.370. The van der Waals surface area contributed by atoms with Gasteiger partial charge in [-0.05, 0) is 24.4 Å². The van der Waals surface area contributed by atoms with Crippen LogP contribution < -0.4 is 16.6 Å². The van der Waals surface area contributed by atoms with Gasteiger partial charge in [0.05, 0.1) is 11.1 Å². The summed E-state index contributed by atoms with van der Waals surface area (Å²) >= 11 is 4.50. The van der Waals surface area contributed by atoms with Crippen molar-refractivity contribution in [3.63, 3.8) is 0 Å². The molecule has 98 valence electrons. The molecule has 1 aliphatic rings. The van der Waals surface area contributed by atoms with Gasteiger partial charge in [0.1, 0.15) is 6.54 Å². The summed E-state index contributed by atoms with van der Waals surface area (Å²) in [4.78, 5) is 36.2. The second-order valence-corrected chi connectivity index (χ2v) is 4.22. The first-order valence-corrected chi connectivity index (χ1v) is 5.71. The fourth-order valence-corrected chi connectivity index (χ4v) is 1.75. The predicted molar refractivity (Wildman–Crippen MR) is 69.9 cm³/mol. The van der Waals surface area contributed by atoms with Gasteiger partial charge in [-0.2, -0.15) is 0 Å². The Balaban J connectivity index is 2.08. The maximum atomic E-state index is 11.9. The second kappa shape index (κ2) is 5.02. The monoisotopic (exact) mass is 278 g/mol. The SMILES string of the molecule is NC(=S)NNC(=O)CN1C(=O)c2ccccc2C1=O. The molecule has 0 unspecified atom stereocenters. The Morgan fingerprint density at radius 1 is 1.16 bits per heavy atom. The van der Waals surface area contributed by atoms with E-state index in [0.717, 1.165) is 4.90 Å². The number of hydrogen-bond acceptors (Lipinski definition) is 4. The van der Waals surface area contributed by atoms with Crippen molar-refractivity contribution >= 4 is 35.1 Å². The lowest BCUT2D eigenvalue weighted by Gasteiger charge is -2.13. The zero-order valence-corrected chi connectivity index (χ0v) is 10.5. The van der Waals surface area contributed by atoms with Crippen LogP contribution in [0.1, 0.15) is 20.7 Å². The van der Waals surface area contributed by atoms with E-state index in [1.54, 1.807) is 24.3 Å². The molecule has 0 aromatic heterocycles. The van der Waals surface area contributed by atoms with Crippen molar-refractivity contribution < 1.29 is 14.4 Å². The van der Waals surface area contributed by atoms with Gasteiger partial charge in [-0.25, -0.2) is 0 Å². The molecule has 0 spiro atoms. The summed E-state index contributed by atoms with van der Waals surface area (Å²) < 4.78 is 0. The minimum Gasteiger partial charge on any atom is -0.375 e. The van der Waals surface area contributed by atoms with E-state index in [4.69, 9.17) is 5.73 Å². The van der Waals surface area contributed by atoms with Gasteiger partial charge in [0.25, 0.3) is 17.7 Å². The smallest absolute Gasteiger partial charge is 0.262 e. The standard InChI is InChI=1S/C11H10N4O3S/c12-11(19)14-13-8(16)5-15-9(17)6-3-1-2-4-7(6)10(15)18/h1-4H,5H2,(H,13,16)(H3,12,14,19). The zero-order valence-electron chi connectivity index (χ0n) is 9.67. The zero-order chi connectivity index (χ0) is 14.0. The van der Waals surface area contributed by atoms with Crippen LogP contribution in [0.2, 0.25) is 0 Å². The number of hydrogen-bond donors (Lipinski definition) is 3. The van der Waals surface area contributed by atoms with E-state index >= 15 is 0 Å². The van der Waals surface area contributed by atoms with Gasteiger partial charge in [-0.3, -0.25) is 30.1 Å². The van der Waals surface area contributed by atoms with Crippen LogP contribution in [0.25, 0.3) is 0 Å². The fourth-order valence-electron chi connectivity index (χ4n) is 1.70. The van der Waals surface area contributed by atoms with Gasteiger partial charge in [-0.15, -0.1) is 0 Å². The molecule has 7 nitrogen and oxygen atoms in total. The third-order valence-corrected chi connectivity index (χ3v) is 2.61. The molecule has 4 N–H and O–H groups in total. The number of imide groups is 1. The number of nitrogens with zero attached hydrogens (tertiary/aromatic N) is 1. The summed E-state index contributed by atoms with van der Waals surface area (Å²) in [7, 11) is 0. The number of nitrogens with one attached hydrogen (secondary N) is 2. The lowest BCUT2D eigenvalue weighted by atomic mass is 10.1. The molecule has 0 radical (unpaired) electrons. The molecule has 1 aromatic carbocycles. The van der Waals surface area contributed by atoms with Crippen LogP contribution in [0.3, 0.4) is 0 Å². The highest BCUT2D eigenvalue weighted by atomic mass is 32.1. The topological polar surface area (TPSA) is 105 Å². The van der Waals surface area contributed by atoms with Gasteiger partial charge < -0.3 is 5.73 Å². The molecular weight excluding hydrogens is 268 g/mol. The van der Waals surface area contributed by atoms with Crippen LogP contribution in [-0.4, -0.2) is 34.3 Å². The molecule has 0 fully saturated rings. The summed E-state index contributed by atoms with van der Waals surface area (Å²) in [6, 6.07) is 6.39. The van der Waals surface area contributed by atoms with E-state index in [-0.39, 0.29) is 5.11 Å². The number of hydrazine groups is 1. The normalized spacial score (nSPS) is 13.2. The molecule has 0 atom stereocenters. The minimum absolute atomic E-state index is 0.115. The summed E-state index contributed by atoms with van der Waals surface area (Å²) in [5, 5.41) is -0.115. The molecule has 8 heteroatoms. The van der Waals surface area contributed by atoms with Crippen molar-refractivity contribution in [3.8, 4) is 0 Å². The summed E-state index contributed by atoms with van der Waals surface area (Å²) in [5.41, 5.74) is 10.1. The van der Waals surface area contributed by atoms with Gasteiger partial charge in [0, 0.05) is 0 Å². The summed E-state index contributed by atoms with van der Waals surface area (Å²) in [5.74, 6) is -1.58. The Kier molecular flexibility index (Phi) is 3.43. The van der Waals surface area contributed by atoms with Crippen LogP contribution in [0.5, 0.6) is 0 Å². The van der Waals surface area contributed by atoms with E-state index in [9.17, 15) is 14.4 Å². The highest BCUT2D eigenvalue weighted by Gasteiger charge is 2.36. The summed E-state index contributed by atoms with van der Waals surface area (Å²) in [6.45, 7) is -0.401. The molecular formula is C11H10N4O3S. The van der Waals surface area contributed by atoms with E-state index in [2.05, 4.69) is 23.1 Å². The Labute approximate surface area is 113 Å². The molecule has 0 saturated carbocycles. The molecule has 19 heavy (non-hydrogen) atoms. The van der Waals surface area contributed by atoms with E-state index in [0.29, 0.717) is 11.1 Å². The first-order chi connectivity index (χ1) is 9.00. The highest BCUT2D eigenvalue weighted by Crippen LogP contribution is 2.21. The first-order valence-electron chi connectivity index (χ1n) is 5.30. The van der Waals surface area contributed by atoms with E-state index < -0.39 is 24.3 Å². The molecule has 1 heterocycles. The van der Waals surface area contributed by atoms with Crippen molar-refractivity contribution in [2.45, 2.75) is 0 Å². The Bertz CT molecular complexity index is 552. The van der Waals surface area contributed by atoms with Crippen molar-refractivity contribution in [2.24, 2.45) is 5.73 Å². The number of carbonyl (C=O) groups excluding carboxylic acids is 3. The Morgan fingerprint density at radius 3 is 2.16 bits per heavy atom. The van der Waals surface area contributed by atoms with Crippen LogP contribution in [-0.2, 0) is 4.79 Å². The van der Waals surface area contributed by atoms with Crippen LogP contribution in [0.4, 0.5) is 0 Å². The molecule has 1 aliphatic heterocycles. The van der Waals surface area contributed by atoms with Gasteiger partial charge in [-0.1, -0.05) is 12.1 Å². The minimum atomic E-state index is -0.595. The number of carbonyl (C=O) groups is 3. The van der Waals surface area contributed by atoms with Crippen molar-refractivity contribution in [2.75, 3.05) is 6.54 Å². The molecule has 0 saturated heterocycles. The Hall–Kier alpha value is -2.48. The molecule has 1 aromatic rings. The Morgan fingerprint density at radius 2 is 1.68 bits per heavy atom. The highest BCUT2D eigenvalue weighted by molar-refractivity contribution is 7.80. The molecule has 0 bridgehead atoms. The number of rotatable bonds is 2. The number of amides is 3. The average molecular weight is 278 g/mol. The molecule has 0 aliphatic carbocycles. The first kappa shape index (κ1) is 13.0. The summed E-state index contributed by atoms with van der Waals surface area (Å²) in [6.07, 6.45) is 0. The molecule has 2 rings (SSSR count). The number of nitrogens with two attached hydrogens (primary N) is 1. The van der Waals surface area contributed by atoms with Gasteiger partial charge in [0.2, 0.25) is 0 Å². The fraction of sp³-hybridized carbons (Fsp3) is 0.0909. The maximum Gasteiger partial charge on any atom is 0.262 e. The average Bonchev–Trinajstić information content (AvgIpc) is 2.62. The lowest BCUT2D eigenvalue weighted by molar-refractivity contribution is -0.121. The van der Waals surface area contributed by atoms with Crippen molar-refractivity contribution in [1.29, 1.82) is 0 Å². The van der Waals surface area contributed by atoms with Crippen LogP contribution in [0.15, 0.2) is 24.3 Å². The van der Waals surface area contributed by atoms with Crippen molar-refractivity contribution in [1.82, 2.24) is 15.8 Å². The maximum absolute atomic E-state index is 11.9. The second-order valence-electron chi connectivity index (χ2n) is 3.78. The van der Waals surface area contributed by atoms with Crippen LogP contribution >= 0.6 is 12.2 Å². The predicted octanol–water partition coefficient (Wildman–Crippen LogP) is -0.853. The number of benzene rings is 1.